The number of rotatable bonds is 2. The lowest BCUT2D eigenvalue weighted by Crippen LogP contribution is -2.24. The van der Waals surface area contributed by atoms with Crippen LogP contribution >= 0.6 is 0 Å². The summed E-state index contributed by atoms with van der Waals surface area (Å²) in [6.07, 6.45) is 0.456. The average molecular weight is 317 g/mol. The molecule has 1 N–H and O–H groups in total. The van der Waals surface area contributed by atoms with Gasteiger partial charge in [0.15, 0.2) is 0 Å². The number of aromatic nitrogens is 2. The standard InChI is InChI=1S/C20H19N3O/c1-13-8-10-15(11-9-13)17-12-18(24)21-20-19(17)14(2)22-23(20)16-6-4-3-5-7-16/h3-11,17H,12H2,1-2H3,(H,21,24)/t17-/m1/s1. The molecule has 0 unspecified atom stereocenters. The fourth-order valence-corrected chi connectivity index (χ4v) is 3.39. The predicted octanol–water partition coefficient (Wildman–Crippen LogP) is 3.96. The number of benzene rings is 2. The van der Waals surface area contributed by atoms with Gasteiger partial charge in [-0.1, -0.05) is 48.0 Å². The lowest BCUT2D eigenvalue weighted by atomic mass is 9.85. The SMILES string of the molecule is Cc1ccc([C@H]2CC(=O)Nc3c2c(C)nn3-c2ccccc2)cc1. The van der Waals surface area contributed by atoms with Crippen LogP contribution in [0.4, 0.5) is 5.82 Å². The van der Waals surface area contributed by atoms with E-state index in [-0.39, 0.29) is 11.8 Å². The van der Waals surface area contributed by atoms with Gasteiger partial charge in [0, 0.05) is 17.9 Å². The third kappa shape index (κ3) is 2.40. The molecule has 0 aliphatic carbocycles. The van der Waals surface area contributed by atoms with E-state index in [0.29, 0.717) is 6.42 Å². The Balaban J connectivity index is 1.87. The van der Waals surface area contributed by atoms with E-state index in [4.69, 9.17) is 5.10 Å². The van der Waals surface area contributed by atoms with Crippen molar-refractivity contribution in [2.45, 2.75) is 26.2 Å². The Hall–Kier alpha value is -2.88. The third-order valence-electron chi connectivity index (χ3n) is 4.58. The third-order valence-corrected chi connectivity index (χ3v) is 4.58. The predicted molar refractivity (Wildman–Crippen MR) is 94.6 cm³/mol. The Kier molecular flexibility index (Phi) is 3.45. The van der Waals surface area contributed by atoms with E-state index in [9.17, 15) is 4.79 Å². The zero-order valence-corrected chi connectivity index (χ0v) is 13.8. The van der Waals surface area contributed by atoms with E-state index in [0.717, 1.165) is 28.3 Å². The highest BCUT2D eigenvalue weighted by Crippen LogP contribution is 2.40. The molecule has 4 rings (SSSR count). The molecule has 1 amide bonds. The summed E-state index contributed by atoms with van der Waals surface area (Å²) in [6, 6.07) is 18.3. The van der Waals surface area contributed by atoms with Crippen molar-refractivity contribution in [3.8, 4) is 5.69 Å². The maximum absolute atomic E-state index is 12.3. The first-order chi connectivity index (χ1) is 11.6. The van der Waals surface area contributed by atoms with Gasteiger partial charge in [0.05, 0.1) is 11.4 Å². The Bertz CT molecular complexity index is 895. The normalized spacial score (nSPS) is 16.6. The summed E-state index contributed by atoms with van der Waals surface area (Å²) >= 11 is 0. The summed E-state index contributed by atoms with van der Waals surface area (Å²) in [6.45, 7) is 4.08. The minimum atomic E-state index is 0.0326. The minimum Gasteiger partial charge on any atom is -0.310 e. The topological polar surface area (TPSA) is 46.9 Å². The summed E-state index contributed by atoms with van der Waals surface area (Å²) in [7, 11) is 0. The lowest BCUT2D eigenvalue weighted by molar-refractivity contribution is -0.116. The number of amides is 1. The van der Waals surface area contributed by atoms with Crippen LogP contribution in [0.3, 0.4) is 0 Å². The van der Waals surface area contributed by atoms with E-state index in [1.54, 1.807) is 0 Å². The summed E-state index contributed by atoms with van der Waals surface area (Å²) in [5.41, 5.74) is 5.40. The number of hydrogen-bond donors (Lipinski definition) is 1. The van der Waals surface area contributed by atoms with E-state index in [1.165, 1.54) is 5.56 Å². The molecule has 0 fully saturated rings. The van der Waals surface area contributed by atoms with Crippen LogP contribution in [-0.2, 0) is 4.79 Å². The number of hydrogen-bond acceptors (Lipinski definition) is 2. The van der Waals surface area contributed by atoms with Gasteiger partial charge in [-0.2, -0.15) is 5.10 Å². The number of nitrogens with one attached hydrogen (secondary N) is 1. The molecule has 0 radical (unpaired) electrons. The van der Waals surface area contributed by atoms with Crippen molar-refractivity contribution in [2.24, 2.45) is 0 Å². The Morgan fingerprint density at radius 2 is 1.75 bits per heavy atom. The van der Waals surface area contributed by atoms with Gasteiger partial charge >= 0.3 is 0 Å². The van der Waals surface area contributed by atoms with Crippen LogP contribution in [0.15, 0.2) is 54.6 Å². The zero-order chi connectivity index (χ0) is 16.7. The van der Waals surface area contributed by atoms with Crippen LogP contribution in [0.25, 0.3) is 5.69 Å². The van der Waals surface area contributed by atoms with Crippen LogP contribution < -0.4 is 5.32 Å². The Morgan fingerprint density at radius 1 is 1.04 bits per heavy atom. The van der Waals surface area contributed by atoms with Crippen molar-refractivity contribution in [2.75, 3.05) is 5.32 Å². The summed E-state index contributed by atoms with van der Waals surface area (Å²) in [5.74, 6) is 0.873. The second-order valence-electron chi connectivity index (χ2n) is 6.31. The van der Waals surface area contributed by atoms with Crippen LogP contribution in [0.5, 0.6) is 0 Å². The van der Waals surface area contributed by atoms with E-state index >= 15 is 0 Å². The van der Waals surface area contributed by atoms with E-state index in [2.05, 4.69) is 36.5 Å². The minimum absolute atomic E-state index is 0.0326. The Morgan fingerprint density at radius 3 is 2.46 bits per heavy atom. The highest BCUT2D eigenvalue weighted by atomic mass is 16.1. The van der Waals surface area contributed by atoms with Crippen molar-refractivity contribution in [3.05, 3.63) is 77.0 Å². The lowest BCUT2D eigenvalue weighted by Gasteiger charge is -2.24. The molecule has 120 valence electrons. The van der Waals surface area contributed by atoms with Gasteiger partial charge in [-0.25, -0.2) is 4.68 Å². The molecule has 1 aromatic heterocycles. The van der Waals surface area contributed by atoms with Gasteiger partial charge in [0.2, 0.25) is 5.91 Å². The number of aryl methyl sites for hydroxylation is 2. The Labute approximate surface area is 141 Å². The maximum Gasteiger partial charge on any atom is 0.226 e. The van der Waals surface area contributed by atoms with Crippen molar-refractivity contribution >= 4 is 11.7 Å². The van der Waals surface area contributed by atoms with Gasteiger partial charge in [0.25, 0.3) is 0 Å². The van der Waals surface area contributed by atoms with E-state index in [1.807, 2.05) is 41.9 Å². The number of para-hydroxylation sites is 1. The van der Waals surface area contributed by atoms with Crippen molar-refractivity contribution in [3.63, 3.8) is 0 Å². The molecule has 4 heteroatoms. The monoisotopic (exact) mass is 317 g/mol. The largest absolute Gasteiger partial charge is 0.310 e. The highest BCUT2D eigenvalue weighted by Gasteiger charge is 2.32. The molecule has 2 aromatic carbocycles. The highest BCUT2D eigenvalue weighted by molar-refractivity contribution is 5.95. The quantitative estimate of drug-likeness (QED) is 0.777. The van der Waals surface area contributed by atoms with Gasteiger partial charge in [-0.15, -0.1) is 0 Å². The molecular formula is C20H19N3O. The molecule has 1 aliphatic rings. The molecule has 1 aliphatic heterocycles. The molecule has 0 saturated heterocycles. The first-order valence-electron chi connectivity index (χ1n) is 8.15. The number of carbonyl (C=O) groups is 1. The first-order valence-corrected chi connectivity index (χ1v) is 8.15. The smallest absolute Gasteiger partial charge is 0.226 e. The second-order valence-corrected chi connectivity index (χ2v) is 6.31. The number of fused-ring (bicyclic) bond motifs is 1. The van der Waals surface area contributed by atoms with Gasteiger partial charge < -0.3 is 5.32 Å². The molecule has 4 nitrogen and oxygen atoms in total. The molecule has 24 heavy (non-hydrogen) atoms. The molecule has 3 aromatic rings. The van der Waals surface area contributed by atoms with Crippen LogP contribution in [0.1, 0.15) is 34.7 Å². The molecule has 1 atom stereocenters. The molecule has 0 spiro atoms. The zero-order valence-electron chi connectivity index (χ0n) is 13.8. The van der Waals surface area contributed by atoms with Gasteiger partial charge in [0.1, 0.15) is 5.82 Å². The summed E-state index contributed by atoms with van der Waals surface area (Å²) in [4.78, 5) is 12.3. The van der Waals surface area contributed by atoms with Crippen LogP contribution in [0, 0.1) is 13.8 Å². The van der Waals surface area contributed by atoms with Crippen LogP contribution in [-0.4, -0.2) is 15.7 Å². The van der Waals surface area contributed by atoms with Gasteiger partial charge in [-0.05, 0) is 31.5 Å². The summed E-state index contributed by atoms with van der Waals surface area (Å²) in [5, 5.41) is 7.71. The fourth-order valence-electron chi connectivity index (χ4n) is 3.39. The van der Waals surface area contributed by atoms with Gasteiger partial charge in [-0.3, -0.25) is 4.79 Å². The van der Waals surface area contributed by atoms with Crippen molar-refractivity contribution < 1.29 is 4.79 Å². The van der Waals surface area contributed by atoms with Crippen molar-refractivity contribution in [1.82, 2.24) is 9.78 Å². The maximum atomic E-state index is 12.3. The summed E-state index contributed by atoms with van der Waals surface area (Å²) < 4.78 is 1.84. The van der Waals surface area contributed by atoms with Crippen molar-refractivity contribution in [1.29, 1.82) is 0 Å². The number of anilines is 1. The molecule has 0 saturated carbocycles. The number of nitrogens with zero attached hydrogens (tertiary/aromatic N) is 2. The first kappa shape index (κ1) is 14.7. The molecule has 2 heterocycles. The average Bonchev–Trinajstić information content (AvgIpc) is 2.92. The van der Waals surface area contributed by atoms with Crippen LogP contribution in [0.2, 0.25) is 0 Å². The number of carbonyl (C=O) groups excluding carboxylic acids is 1. The molecular weight excluding hydrogens is 298 g/mol. The second kappa shape index (κ2) is 5.64. The fraction of sp³-hybridized carbons (Fsp3) is 0.200. The molecule has 0 bridgehead atoms. The van der Waals surface area contributed by atoms with E-state index < -0.39 is 0 Å².